The molecule has 0 amide bonds. The van der Waals surface area contributed by atoms with Crippen molar-refractivity contribution in [2.45, 2.75) is 13.0 Å². The molecule has 212 valence electrons. The van der Waals surface area contributed by atoms with Crippen molar-refractivity contribution in [2.75, 3.05) is 14.1 Å². The molecular formula is C38H37NP2Ru. The zero-order valence-corrected chi connectivity index (χ0v) is 27.9. The summed E-state index contributed by atoms with van der Waals surface area (Å²) in [5.74, 6) is 1.44. The fraction of sp³-hybridized carbons (Fsp3) is 0.105. The molecule has 2 saturated carbocycles. The molecule has 4 aromatic carbocycles. The van der Waals surface area contributed by atoms with E-state index in [0.717, 1.165) is 0 Å². The van der Waals surface area contributed by atoms with Crippen molar-refractivity contribution >= 4 is 37.1 Å². The second-order valence-electron chi connectivity index (χ2n) is 10.2. The van der Waals surface area contributed by atoms with Crippen LogP contribution in [-0.4, -0.2) is 25.0 Å². The SMILES string of the molecule is C[C@H]([C]1[CH][CH][CH][C]1P(c1ccccc1)c1ccccc1)N(C)C.[CH]1[CH][CH][C](P(c2ccccc2)c2ccccc2)[CH]1.[Ru]. The molecule has 10 radical (unpaired) electrons. The smallest absolute Gasteiger partial charge is 0.0211 e. The van der Waals surface area contributed by atoms with Crippen LogP contribution in [0.5, 0.6) is 0 Å². The minimum absolute atomic E-state index is 0. The summed E-state index contributed by atoms with van der Waals surface area (Å²) in [7, 11) is 3.37. The van der Waals surface area contributed by atoms with Crippen LogP contribution in [0.15, 0.2) is 121 Å². The van der Waals surface area contributed by atoms with Gasteiger partial charge in [0, 0.05) is 42.8 Å². The zero-order valence-electron chi connectivity index (χ0n) is 24.4. The molecule has 0 N–H and O–H groups in total. The van der Waals surface area contributed by atoms with Crippen LogP contribution < -0.4 is 21.2 Å². The van der Waals surface area contributed by atoms with Gasteiger partial charge in [0.1, 0.15) is 0 Å². The molecule has 6 rings (SSSR count). The summed E-state index contributed by atoms with van der Waals surface area (Å²) >= 11 is 0. The van der Waals surface area contributed by atoms with Crippen LogP contribution in [0, 0.1) is 62.2 Å². The third-order valence-corrected chi connectivity index (χ3v) is 12.2. The molecule has 0 aliphatic heterocycles. The van der Waals surface area contributed by atoms with E-state index in [-0.39, 0.29) is 19.5 Å². The summed E-state index contributed by atoms with van der Waals surface area (Å²) < 4.78 is 0. The Bertz CT molecular complexity index is 1200. The molecule has 0 saturated heterocycles. The van der Waals surface area contributed by atoms with Crippen LogP contribution in [0.2, 0.25) is 0 Å². The van der Waals surface area contributed by atoms with Gasteiger partial charge >= 0.3 is 0 Å². The summed E-state index contributed by atoms with van der Waals surface area (Å²) in [5.41, 5.74) is 2.89. The average Bonchev–Trinajstić information content (AvgIpc) is 3.73. The van der Waals surface area contributed by atoms with Gasteiger partial charge in [-0.1, -0.05) is 121 Å². The van der Waals surface area contributed by atoms with Gasteiger partial charge in [0.25, 0.3) is 0 Å². The second-order valence-corrected chi connectivity index (χ2v) is 14.6. The first kappa shape index (κ1) is 33.2. The van der Waals surface area contributed by atoms with Gasteiger partial charge in [0.05, 0.1) is 0 Å². The van der Waals surface area contributed by atoms with E-state index in [1.165, 1.54) is 38.5 Å². The maximum atomic E-state index is 2.31. The van der Waals surface area contributed by atoms with E-state index in [0.29, 0.717) is 6.04 Å². The Balaban J connectivity index is 0.000000193. The molecule has 0 unspecified atom stereocenters. The third-order valence-electron chi connectivity index (χ3n) is 7.25. The van der Waals surface area contributed by atoms with Crippen LogP contribution in [-0.2, 0) is 19.5 Å². The van der Waals surface area contributed by atoms with Crippen molar-refractivity contribution in [3.63, 3.8) is 0 Å². The van der Waals surface area contributed by atoms with Gasteiger partial charge in [-0.25, -0.2) is 0 Å². The first-order chi connectivity index (χ1) is 20.1. The maximum Gasteiger partial charge on any atom is 0.0211 e. The van der Waals surface area contributed by atoms with E-state index < -0.39 is 15.8 Å². The van der Waals surface area contributed by atoms with Gasteiger partial charge in [-0.2, -0.15) is 0 Å². The Morgan fingerprint density at radius 1 is 0.476 bits per heavy atom. The predicted molar refractivity (Wildman–Crippen MR) is 181 cm³/mol. The standard InChI is InChI=1S/C21H23NP.C17H14P.Ru/c1-17(22(2)3)20-15-10-16-21(20)23(18-11-6-4-7-12-18)19-13-8-5-9-14-19;1-3-9-15(10-4-1)18(17-13-7-8-14-17)16-11-5-2-6-12-16;/h4-17H,1-3H3;1-14H;/t17-;;/m1../s1. The fourth-order valence-electron chi connectivity index (χ4n) is 4.96. The molecule has 4 aromatic rings. The molecule has 2 aliphatic carbocycles. The number of hydrogen-bond acceptors (Lipinski definition) is 1. The van der Waals surface area contributed by atoms with E-state index in [1.807, 2.05) is 0 Å². The van der Waals surface area contributed by atoms with Crippen LogP contribution in [0.3, 0.4) is 0 Å². The van der Waals surface area contributed by atoms with Crippen LogP contribution in [0.25, 0.3) is 0 Å². The molecule has 1 atom stereocenters. The molecule has 42 heavy (non-hydrogen) atoms. The van der Waals surface area contributed by atoms with E-state index in [9.17, 15) is 0 Å². The Morgan fingerprint density at radius 2 is 0.857 bits per heavy atom. The number of hydrogen-bond donors (Lipinski definition) is 0. The molecule has 2 fully saturated rings. The first-order valence-electron chi connectivity index (χ1n) is 14.1. The van der Waals surface area contributed by atoms with Crippen LogP contribution in [0.1, 0.15) is 6.92 Å². The molecule has 0 heterocycles. The van der Waals surface area contributed by atoms with Gasteiger partial charge in [0.2, 0.25) is 0 Å². The van der Waals surface area contributed by atoms with Crippen molar-refractivity contribution in [1.29, 1.82) is 0 Å². The molecular weight excluding hydrogens is 633 g/mol. The summed E-state index contributed by atoms with van der Waals surface area (Å²) in [6.45, 7) is 2.28. The third kappa shape index (κ3) is 8.48. The van der Waals surface area contributed by atoms with E-state index >= 15 is 0 Å². The Morgan fingerprint density at radius 3 is 1.24 bits per heavy atom. The van der Waals surface area contributed by atoms with Crippen molar-refractivity contribution in [1.82, 2.24) is 4.90 Å². The molecule has 0 spiro atoms. The van der Waals surface area contributed by atoms with E-state index in [1.54, 1.807) is 0 Å². The minimum Gasteiger partial charge on any atom is -0.306 e. The van der Waals surface area contributed by atoms with Gasteiger partial charge in [-0.3, -0.25) is 0 Å². The maximum absolute atomic E-state index is 2.31. The van der Waals surface area contributed by atoms with E-state index in [2.05, 4.69) is 192 Å². The monoisotopic (exact) mass is 671 g/mol. The van der Waals surface area contributed by atoms with Gasteiger partial charge in [0.15, 0.2) is 0 Å². The van der Waals surface area contributed by atoms with Gasteiger partial charge in [-0.05, 0) is 103 Å². The Hall–Kier alpha value is -1.68. The van der Waals surface area contributed by atoms with Gasteiger partial charge in [-0.15, -0.1) is 0 Å². The number of nitrogens with zero attached hydrogens (tertiary/aromatic N) is 1. The predicted octanol–water partition coefficient (Wildman–Crippen LogP) is 7.28. The molecule has 0 bridgehead atoms. The Labute approximate surface area is 270 Å². The minimum atomic E-state index is -0.514. The number of benzene rings is 4. The summed E-state index contributed by atoms with van der Waals surface area (Å²) in [6, 6.07) is 43.8. The number of rotatable bonds is 8. The van der Waals surface area contributed by atoms with Crippen molar-refractivity contribution in [3.05, 3.63) is 184 Å². The largest absolute Gasteiger partial charge is 0.306 e. The Kier molecular flexibility index (Phi) is 13.4. The fourth-order valence-corrected chi connectivity index (χ4v) is 9.81. The van der Waals surface area contributed by atoms with Crippen LogP contribution >= 0.6 is 15.8 Å². The second kappa shape index (κ2) is 17.0. The van der Waals surface area contributed by atoms with Crippen molar-refractivity contribution in [3.8, 4) is 0 Å². The van der Waals surface area contributed by atoms with E-state index in [4.69, 9.17) is 0 Å². The van der Waals surface area contributed by atoms with Crippen molar-refractivity contribution < 1.29 is 19.5 Å². The molecule has 2 aliphatic rings. The zero-order chi connectivity index (χ0) is 28.4. The topological polar surface area (TPSA) is 3.24 Å². The molecule has 1 nitrogen and oxygen atoms in total. The quantitative estimate of drug-likeness (QED) is 0.141. The van der Waals surface area contributed by atoms with Gasteiger partial charge < -0.3 is 4.90 Å². The summed E-state index contributed by atoms with van der Waals surface area (Å²) in [4.78, 5) is 2.28. The average molecular weight is 671 g/mol. The van der Waals surface area contributed by atoms with Crippen LogP contribution in [0.4, 0.5) is 0 Å². The first-order valence-corrected chi connectivity index (χ1v) is 16.8. The van der Waals surface area contributed by atoms with Crippen molar-refractivity contribution in [2.24, 2.45) is 0 Å². The summed E-state index contributed by atoms with van der Waals surface area (Å²) in [5, 5.41) is 5.63. The normalized spacial score (nSPS) is 16.8. The molecule has 0 aromatic heterocycles. The summed E-state index contributed by atoms with van der Waals surface area (Å²) in [6.07, 6.45) is 15.5. The molecule has 4 heteroatoms.